The molecule has 3 atom stereocenters. The van der Waals surface area contributed by atoms with Crippen molar-refractivity contribution in [1.82, 2.24) is 4.90 Å². The molecule has 0 aromatic heterocycles. The molecule has 1 saturated heterocycles. The minimum atomic E-state index is -1.42. The van der Waals surface area contributed by atoms with E-state index in [1.54, 1.807) is 30.3 Å². The number of methoxy groups -OCH3 is 1. The van der Waals surface area contributed by atoms with E-state index in [-0.39, 0.29) is 23.5 Å². The number of hydrogen-bond donors (Lipinski definition) is 1. The maximum absolute atomic E-state index is 14.6. The number of nitro groups is 1. The van der Waals surface area contributed by atoms with Crippen LogP contribution in [0.1, 0.15) is 27.8 Å². The van der Waals surface area contributed by atoms with Crippen molar-refractivity contribution < 1.29 is 24.0 Å². The SMILES string of the molecule is COc1ccc([N+](=O)[O-])c(NC(=O)[C@H](Cc2ccccc2)N2C(=O)[C@@H]3[C@H](C2=O)C2(Cl)c4ccccc4C3(Cl)c3ccccc32)c1. The highest BCUT2D eigenvalue weighted by molar-refractivity contribution is 6.36. The molecule has 9 nitrogen and oxygen atoms in total. The number of nitrogens with zero attached hydrogens (tertiary/aromatic N) is 2. The first-order valence-corrected chi connectivity index (χ1v) is 15.0. The van der Waals surface area contributed by atoms with Gasteiger partial charge in [-0.15, -0.1) is 23.2 Å². The van der Waals surface area contributed by atoms with Crippen molar-refractivity contribution in [3.8, 4) is 5.75 Å². The summed E-state index contributed by atoms with van der Waals surface area (Å²) in [6, 6.07) is 26.0. The maximum atomic E-state index is 14.6. The van der Waals surface area contributed by atoms with Crippen LogP contribution >= 0.6 is 23.2 Å². The van der Waals surface area contributed by atoms with Crippen molar-refractivity contribution in [3.63, 3.8) is 0 Å². The van der Waals surface area contributed by atoms with Gasteiger partial charge < -0.3 is 10.1 Å². The van der Waals surface area contributed by atoms with Gasteiger partial charge in [-0.2, -0.15) is 0 Å². The molecule has 4 aromatic rings. The van der Waals surface area contributed by atoms with Crippen LogP contribution in [0.15, 0.2) is 97.1 Å². The Bertz CT molecular complexity index is 1790. The van der Waals surface area contributed by atoms with Crippen molar-refractivity contribution in [2.75, 3.05) is 12.4 Å². The van der Waals surface area contributed by atoms with Crippen molar-refractivity contribution in [1.29, 1.82) is 0 Å². The topological polar surface area (TPSA) is 119 Å². The van der Waals surface area contributed by atoms with Gasteiger partial charge in [0.15, 0.2) is 0 Å². The average Bonchev–Trinajstić information content (AvgIpc) is 3.33. The van der Waals surface area contributed by atoms with E-state index in [0.717, 1.165) is 4.90 Å². The standard InChI is InChI=1S/C34H25Cl2N3O6/c1-45-20-15-16-26(39(43)44)25(18-20)37-30(40)27(17-19-9-3-2-4-10-19)38-31(41)28-29(32(38)42)34(36)22-12-6-5-11-21(22)33(28,35)23-13-7-8-14-24(23)34/h2-16,18,27-29H,17H2,1H3,(H,37,40)/t27-,28-,29+,33?,34?/m0/s1. The molecule has 1 N–H and O–H groups in total. The third-order valence-corrected chi connectivity index (χ3v) is 10.4. The van der Waals surface area contributed by atoms with E-state index in [1.807, 2.05) is 48.5 Å². The van der Waals surface area contributed by atoms with E-state index in [1.165, 1.54) is 25.3 Å². The van der Waals surface area contributed by atoms with Gasteiger partial charge >= 0.3 is 0 Å². The van der Waals surface area contributed by atoms with E-state index in [9.17, 15) is 24.5 Å². The second kappa shape index (κ2) is 10.4. The highest BCUT2D eigenvalue weighted by Crippen LogP contribution is 2.69. The van der Waals surface area contributed by atoms with Crippen LogP contribution < -0.4 is 10.1 Å². The molecule has 11 heteroatoms. The van der Waals surface area contributed by atoms with E-state index < -0.39 is 50.3 Å². The molecular weight excluding hydrogens is 617 g/mol. The summed E-state index contributed by atoms with van der Waals surface area (Å²) in [4.78, 5) is 52.7. The van der Waals surface area contributed by atoms with Crippen molar-refractivity contribution in [2.45, 2.75) is 22.2 Å². The fourth-order valence-electron chi connectivity index (χ4n) is 7.25. The van der Waals surface area contributed by atoms with Gasteiger partial charge in [0.25, 0.3) is 5.69 Å². The van der Waals surface area contributed by atoms with Gasteiger partial charge in [-0.3, -0.25) is 29.4 Å². The number of carbonyl (C=O) groups is 3. The number of alkyl halides is 2. The number of anilines is 1. The lowest BCUT2D eigenvalue weighted by Gasteiger charge is -2.54. The van der Waals surface area contributed by atoms with Crippen molar-refractivity contribution in [2.24, 2.45) is 11.8 Å². The molecule has 3 amide bonds. The Labute approximate surface area is 267 Å². The molecule has 0 unspecified atom stereocenters. The van der Waals surface area contributed by atoms with Crippen LogP contribution in [0.3, 0.4) is 0 Å². The molecule has 3 aliphatic carbocycles. The number of imide groups is 1. The highest BCUT2D eigenvalue weighted by Gasteiger charge is 2.73. The van der Waals surface area contributed by atoms with Crippen LogP contribution in [0.4, 0.5) is 11.4 Å². The summed E-state index contributed by atoms with van der Waals surface area (Å²) >= 11 is 15.1. The molecule has 4 aromatic carbocycles. The number of halogens is 2. The van der Waals surface area contributed by atoms with Gasteiger partial charge in [0.2, 0.25) is 17.7 Å². The quantitative estimate of drug-likeness (QED) is 0.119. The molecule has 45 heavy (non-hydrogen) atoms. The van der Waals surface area contributed by atoms with Crippen LogP contribution in [-0.2, 0) is 30.6 Å². The Balaban J connectivity index is 1.36. The summed E-state index contributed by atoms with van der Waals surface area (Å²) in [5.74, 6) is -3.99. The zero-order valence-corrected chi connectivity index (χ0v) is 25.3. The Kier molecular flexibility index (Phi) is 6.72. The molecule has 8 rings (SSSR count). The smallest absolute Gasteiger partial charge is 0.293 e. The predicted octanol–water partition coefficient (Wildman–Crippen LogP) is 5.75. The molecule has 1 heterocycles. The van der Waals surface area contributed by atoms with Crippen LogP contribution in [-0.4, -0.2) is 40.7 Å². The van der Waals surface area contributed by atoms with Gasteiger partial charge in [0.05, 0.1) is 23.9 Å². The lowest BCUT2D eigenvalue weighted by atomic mass is 9.54. The fraction of sp³-hybridized carbons (Fsp3) is 0.206. The van der Waals surface area contributed by atoms with E-state index >= 15 is 0 Å². The van der Waals surface area contributed by atoms with Gasteiger partial charge in [0.1, 0.15) is 27.2 Å². The summed E-state index contributed by atoms with van der Waals surface area (Å²) in [7, 11) is 1.39. The Morgan fingerprint density at radius 1 is 0.867 bits per heavy atom. The normalized spacial score (nSPS) is 24.8. The second-order valence-electron chi connectivity index (χ2n) is 11.4. The number of ether oxygens (including phenoxy) is 1. The number of nitro benzene ring substituents is 1. The summed E-state index contributed by atoms with van der Waals surface area (Å²) in [6.07, 6.45) is -0.0498. The van der Waals surface area contributed by atoms with Gasteiger partial charge in [-0.1, -0.05) is 78.9 Å². The van der Waals surface area contributed by atoms with Crippen molar-refractivity contribution >= 4 is 52.3 Å². The van der Waals surface area contributed by atoms with Crippen LogP contribution in [0.25, 0.3) is 0 Å². The highest BCUT2D eigenvalue weighted by atomic mass is 35.5. The second-order valence-corrected chi connectivity index (χ2v) is 12.5. The zero-order valence-electron chi connectivity index (χ0n) is 23.8. The monoisotopic (exact) mass is 641 g/mol. The largest absolute Gasteiger partial charge is 0.497 e. The fourth-order valence-corrected chi connectivity index (χ4v) is 8.35. The number of hydrogen-bond acceptors (Lipinski definition) is 6. The number of rotatable bonds is 7. The van der Waals surface area contributed by atoms with E-state index in [4.69, 9.17) is 27.9 Å². The van der Waals surface area contributed by atoms with Crippen LogP contribution in [0, 0.1) is 22.0 Å². The Morgan fingerprint density at radius 3 is 1.82 bits per heavy atom. The maximum Gasteiger partial charge on any atom is 0.293 e. The molecule has 0 radical (unpaired) electrons. The number of benzene rings is 4. The number of nitrogens with one attached hydrogen (secondary N) is 1. The van der Waals surface area contributed by atoms with Crippen LogP contribution in [0.5, 0.6) is 5.75 Å². The van der Waals surface area contributed by atoms with Gasteiger partial charge in [-0.05, 0) is 33.9 Å². The molecule has 4 aliphatic rings. The third-order valence-electron chi connectivity index (χ3n) is 9.16. The molecule has 0 saturated carbocycles. The van der Waals surface area contributed by atoms with Crippen molar-refractivity contribution in [3.05, 3.63) is 135 Å². The first-order valence-electron chi connectivity index (χ1n) is 14.2. The molecule has 1 fully saturated rings. The summed E-state index contributed by atoms with van der Waals surface area (Å²) in [5, 5.41) is 14.4. The lowest BCUT2D eigenvalue weighted by Crippen LogP contribution is -2.57. The molecule has 2 bridgehead atoms. The molecule has 226 valence electrons. The van der Waals surface area contributed by atoms with E-state index in [0.29, 0.717) is 27.8 Å². The molecule has 1 aliphatic heterocycles. The Morgan fingerprint density at radius 2 is 1.36 bits per heavy atom. The number of amides is 3. The minimum Gasteiger partial charge on any atom is -0.497 e. The lowest BCUT2D eigenvalue weighted by molar-refractivity contribution is -0.383. The molecule has 0 spiro atoms. The zero-order chi connectivity index (χ0) is 31.7. The summed E-state index contributed by atoms with van der Waals surface area (Å²) < 4.78 is 5.22. The van der Waals surface area contributed by atoms with Crippen LogP contribution in [0.2, 0.25) is 0 Å². The minimum absolute atomic E-state index is 0.0498. The average molecular weight is 642 g/mol. The Hall–Kier alpha value is -4.73. The summed E-state index contributed by atoms with van der Waals surface area (Å²) in [6.45, 7) is 0. The number of carbonyl (C=O) groups excluding carboxylic acids is 3. The first kappa shape index (κ1) is 29.0. The van der Waals surface area contributed by atoms with Gasteiger partial charge in [0, 0.05) is 18.6 Å². The number of likely N-dealkylation sites (tertiary alicyclic amines) is 1. The third kappa shape index (κ3) is 4.04. The summed E-state index contributed by atoms with van der Waals surface area (Å²) in [5.41, 5.74) is 2.71. The molecular formula is C34H25Cl2N3O6. The van der Waals surface area contributed by atoms with Gasteiger partial charge in [-0.25, -0.2) is 0 Å². The first-order chi connectivity index (χ1) is 21.6. The van der Waals surface area contributed by atoms with E-state index in [2.05, 4.69) is 5.32 Å². The predicted molar refractivity (Wildman–Crippen MR) is 167 cm³/mol.